The van der Waals surface area contributed by atoms with Crippen molar-refractivity contribution in [2.45, 2.75) is 64.5 Å². The Morgan fingerprint density at radius 2 is 1.53 bits per heavy atom. The van der Waals surface area contributed by atoms with Crippen LogP contribution in [0.25, 0.3) is 0 Å². The molecule has 1 heterocycles. The molecule has 1 saturated heterocycles. The van der Waals surface area contributed by atoms with Gasteiger partial charge in [0, 0.05) is 12.1 Å². The third kappa shape index (κ3) is 2.94. The van der Waals surface area contributed by atoms with Gasteiger partial charge in [-0.2, -0.15) is 0 Å². The lowest BCUT2D eigenvalue weighted by Crippen LogP contribution is -2.46. The molecule has 0 aromatic heterocycles. The van der Waals surface area contributed by atoms with Crippen LogP contribution in [-0.4, -0.2) is 30.1 Å². The van der Waals surface area contributed by atoms with E-state index in [4.69, 9.17) is 5.73 Å². The maximum atomic E-state index is 5.95. The Morgan fingerprint density at radius 1 is 1.00 bits per heavy atom. The van der Waals surface area contributed by atoms with Crippen LogP contribution in [0.4, 0.5) is 0 Å². The van der Waals surface area contributed by atoms with Crippen LogP contribution in [-0.2, 0) is 0 Å². The Balaban J connectivity index is 1.80. The van der Waals surface area contributed by atoms with E-state index >= 15 is 0 Å². The molecule has 1 aliphatic heterocycles. The molecule has 2 aliphatic rings. The van der Waals surface area contributed by atoms with Gasteiger partial charge >= 0.3 is 0 Å². The molecule has 0 atom stereocenters. The van der Waals surface area contributed by atoms with E-state index in [-0.39, 0.29) is 0 Å². The molecule has 0 aromatic carbocycles. The van der Waals surface area contributed by atoms with E-state index in [1.54, 1.807) is 0 Å². The summed E-state index contributed by atoms with van der Waals surface area (Å²) in [6, 6.07) is 1.34. The number of likely N-dealkylation sites (tertiary alicyclic amines) is 1. The van der Waals surface area contributed by atoms with Gasteiger partial charge in [-0.1, -0.05) is 13.8 Å². The minimum absolute atomic E-state index is 0.488. The topological polar surface area (TPSA) is 29.3 Å². The molecule has 1 aliphatic carbocycles. The van der Waals surface area contributed by atoms with Crippen molar-refractivity contribution >= 4 is 0 Å². The number of rotatable bonds is 1. The molecule has 2 fully saturated rings. The van der Waals surface area contributed by atoms with Crippen LogP contribution in [0, 0.1) is 5.41 Å². The third-order valence-corrected chi connectivity index (χ3v) is 4.41. The summed E-state index contributed by atoms with van der Waals surface area (Å²) in [6.07, 6.45) is 7.89. The van der Waals surface area contributed by atoms with Gasteiger partial charge in [-0.05, 0) is 57.0 Å². The quantitative estimate of drug-likeness (QED) is 0.720. The van der Waals surface area contributed by atoms with Gasteiger partial charge in [0.15, 0.2) is 0 Å². The van der Waals surface area contributed by atoms with E-state index in [1.165, 1.54) is 51.6 Å². The number of nitrogens with two attached hydrogens (primary N) is 1. The average Bonchev–Trinajstić information content (AvgIpc) is 2.20. The molecule has 2 heteroatoms. The minimum atomic E-state index is 0.488. The summed E-state index contributed by atoms with van der Waals surface area (Å²) in [4.78, 5) is 2.72. The maximum absolute atomic E-state index is 5.95. The summed E-state index contributed by atoms with van der Waals surface area (Å²) in [7, 11) is 0. The molecule has 0 aromatic rings. The van der Waals surface area contributed by atoms with Gasteiger partial charge in [-0.15, -0.1) is 0 Å². The SMILES string of the molecule is CC1(C)CCN([C@H]2CC[C@@H](N)CC2)CC1. The standard InChI is InChI=1S/C13H26N2/c1-13(2)7-9-15(10-8-13)12-5-3-11(14)4-6-12/h11-12H,3-10,14H2,1-2H3/t11-,12+. The second kappa shape index (κ2) is 4.42. The van der Waals surface area contributed by atoms with Crippen molar-refractivity contribution in [2.24, 2.45) is 11.1 Å². The minimum Gasteiger partial charge on any atom is -0.328 e. The van der Waals surface area contributed by atoms with Crippen molar-refractivity contribution in [1.82, 2.24) is 4.90 Å². The predicted molar refractivity (Wildman–Crippen MR) is 64.8 cm³/mol. The fourth-order valence-corrected chi connectivity index (χ4v) is 2.96. The van der Waals surface area contributed by atoms with Crippen LogP contribution < -0.4 is 5.73 Å². The van der Waals surface area contributed by atoms with Gasteiger partial charge < -0.3 is 10.6 Å². The van der Waals surface area contributed by atoms with E-state index in [2.05, 4.69) is 18.7 Å². The summed E-state index contributed by atoms with van der Waals surface area (Å²) in [6.45, 7) is 7.43. The van der Waals surface area contributed by atoms with Crippen LogP contribution in [0.1, 0.15) is 52.4 Å². The normalized spacial score (nSPS) is 37.8. The predicted octanol–water partition coefficient (Wildman–Crippen LogP) is 2.38. The first-order chi connectivity index (χ1) is 7.07. The molecule has 2 rings (SSSR count). The van der Waals surface area contributed by atoms with Gasteiger partial charge in [-0.3, -0.25) is 0 Å². The van der Waals surface area contributed by atoms with Gasteiger partial charge in [0.25, 0.3) is 0 Å². The third-order valence-electron chi connectivity index (χ3n) is 4.41. The van der Waals surface area contributed by atoms with Gasteiger partial charge in [0.05, 0.1) is 0 Å². The molecular weight excluding hydrogens is 184 g/mol. The second-order valence-electron chi connectivity index (χ2n) is 6.27. The first-order valence-corrected chi connectivity index (χ1v) is 6.56. The number of nitrogens with zero attached hydrogens (tertiary/aromatic N) is 1. The molecule has 2 N–H and O–H groups in total. The molecule has 15 heavy (non-hydrogen) atoms. The van der Waals surface area contributed by atoms with Crippen molar-refractivity contribution in [1.29, 1.82) is 0 Å². The van der Waals surface area contributed by atoms with Crippen molar-refractivity contribution in [3.8, 4) is 0 Å². The Labute approximate surface area is 94.2 Å². The molecular formula is C13H26N2. The van der Waals surface area contributed by atoms with E-state index in [0.29, 0.717) is 11.5 Å². The zero-order chi connectivity index (χ0) is 10.9. The Kier molecular flexibility index (Phi) is 3.36. The summed E-state index contributed by atoms with van der Waals surface area (Å²) in [5.74, 6) is 0. The smallest absolute Gasteiger partial charge is 0.00964 e. The lowest BCUT2D eigenvalue weighted by atomic mass is 9.81. The van der Waals surface area contributed by atoms with Crippen molar-refractivity contribution in [3.05, 3.63) is 0 Å². The van der Waals surface area contributed by atoms with E-state index in [0.717, 1.165) is 6.04 Å². The summed E-state index contributed by atoms with van der Waals surface area (Å²) >= 11 is 0. The number of piperidine rings is 1. The Hall–Kier alpha value is -0.0800. The molecule has 1 saturated carbocycles. The zero-order valence-corrected chi connectivity index (χ0v) is 10.3. The van der Waals surface area contributed by atoms with Crippen LogP contribution in [0.2, 0.25) is 0 Å². The molecule has 0 bridgehead atoms. The zero-order valence-electron chi connectivity index (χ0n) is 10.3. The van der Waals surface area contributed by atoms with Crippen LogP contribution >= 0.6 is 0 Å². The fourth-order valence-electron chi connectivity index (χ4n) is 2.96. The number of hydrogen-bond donors (Lipinski definition) is 1. The second-order valence-corrected chi connectivity index (χ2v) is 6.27. The molecule has 2 nitrogen and oxygen atoms in total. The molecule has 0 spiro atoms. The van der Waals surface area contributed by atoms with Crippen LogP contribution in [0.15, 0.2) is 0 Å². The maximum Gasteiger partial charge on any atom is 0.00964 e. The lowest BCUT2D eigenvalue weighted by Gasteiger charge is -2.43. The molecule has 88 valence electrons. The molecule has 0 unspecified atom stereocenters. The van der Waals surface area contributed by atoms with Gasteiger partial charge in [0.1, 0.15) is 0 Å². The monoisotopic (exact) mass is 210 g/mol. The lowest BCUT2D eigenvalue weighted by molar-refractivity contribution is 0.0737. The summed E-state index contributed by atoms with van der Waals surface area (Å²) in [5, 5.41) is 0. The Morgan fingerprint density at radius 3 is 2.07 bits per heavy atom. The largest absolute Gasteiger partial charge is 0.328 e. The Bertz CT molecular complexity index is 195. The first kappa shape index (κ1) is 11.4. The van der Waals surface area contributed by atoms with Crippen molar-refractivity contribution in [3.63, 3.8) is 0 Å². The van der Waals surface area contributed by atoms with Gasteiger partial charge in [-0.25, -0.2) is 0 Å². The van der Waals surface area contributed by atoms with Crippen molar-refractivity contribution in [2.75, 3.05) is 13.1 Å². The van der Waals surface area contributed by atoms with E-state index in [9.17, 15) is 0 Å². The summed E-state index contributed by atoms with van der Waals surface area (Å²) in [5.41, 5.74) is 6.54. The van der Waals surface area contributed by atoms with Gasteiger partial charge in [0.2, 0.25) is 0 Å². The highest BCUT2D eigenvalue weighted by atomic mass is 15.2. The van der Waals surface area contributed by atoms with Crippen molar-refractivity contribution < 1.29 is 0 Å². The van der Waals surface area contributed by atoms with Crippen LogP contribution in [0.5, 0.6) is 0 Å². The highest BCUT2D eigenvalue weighted by Gasteiger charge is 2.30. The number of hydrogen-bond acceptors (Lipinski definition) is 2. The first-order valence-electron chi connectivity index (χ1n) is 6.56. The summed E-state index contributed by atoms with van der Waals surface area (Å²) < 4.78 is 0. The van der Waals surface area contributed by atoms with E-state index in [1.807, 2.05) is 0 Å². The highest BCUT2D eigenvalue weighted by Crippen LogP contribution is 2.33. The van der Waals surface area contributed by atoms with E-state index < -0.39 is 0 Å². The average molecular weight is 210 g/mol. The van der Waals surface area contributed by atoms with Crippen LogP contribution in [0.3, 0.4) is 0 Å². The highest BCUT2D eigenvalue weighted by molar-refractivity contribution is 4.86. The fraction of sp³-hybridized carbons (Fsp3) is 1.00. The molecule has 0 radical (unpaired) electrons. The molecule has 0 amide bonds.